The SMILES string of the molecule is [2H]C(C)COC. The summed E-state index contributed by atoms with van der Waals surface area (Å²) < 4.78 is 11.5. The zero-order valence-corrected chi connectivity index (χ0v) is 3.69. The van der Waals surface area contributed by atoms with Gasteiger partial charge in [-0.2, -0.15) is 0 Å². The van der Waals surface area contributed by atoms with Crippen LogP contribution in [0.4, 0.5) is 0 Å². The van der Waals surface area contributed by atoms with Crippen molar-refractivity contribution in [3.8, 4) is 0 Å². The van der Waals surface area contributed by atoms with E-state index in [9.17, 15) is 0 Å². The lowest BCUT2D eigenvalue weighted by molar-refractivity contribution is 0.199. The van der Waals surface area contributed by atoms with Crippen LogP contribution in [0.15, 0.2) is 0 Å². The van der Waals surface area contributed by atoms with E-state index < -0.39 is 0 Å². The van der Waals surface area contributed by atoms with Crippen LogP contribution in [0.3, 0.4) is 0 Å². The van der Waals surface area contributed by atoms with Crippen molar-refractivity contribution in [3.63, 3.8) is 0 Å². The standard InChI is InChI=1S/C4H10O/c1-3-4-5-2/h3-4H2,1-2H3/i3D. The summed E-state index contributed by atoms with van der Waals surface area (Å²) >= 11 is 0. The lowest BCUT2D eigenvalue weighted by Crippen LogP contribution is -1.80. The first-order valence-electron chi connectivity index (χ1n) is 2.26. The van der Waals surface area contributed by atoms with E-state index in [0.29, 0.717) is 6.61 Å². The Hall–Kier alpha value is -0.0400. The maximum Gasteiger partial charge on any atom is 0.0459 e. The average molecular weight is 75.1 g/mol. The van der Waals surface area contributed by atoms with E-state index in [2.05, 4.69) is 4.74 Å². The molecular formula is C4H10O. The number of ether oxygens (including phenoxy) is 1. The van der Waals surface area contributed by atoms with Gasteiger partial charge in [0.15, 0.2) is 0 Å². The first kappa shape index (κ1) is 3.16. The van der Waals surface area contributed by atoms with E-state index in [1.807, 2.05) is 0 Å². The first-order valence-corrected chi connectivity index (χ1v) is 1.68. The van der Waals surface area contributed by atoms with Gasteiger partial charge >= 0.3 is 0 Å². The lowest BCUT2D eigenvalue weighted by Gasteiger charge is -1.84. The summed E-state index contributed by atoms with van der Waals surface area (Å²) in [5.74, 6) is 0. The maximum atomic E-state index is 6.85. The highest BCUT2D eigenvalue weighted by Gasteiger charge is 1.66. The summed E-state index contributed by atoms with van der Waals surface area (Å²) in [5.41, 5.74) is 0. The molecule has 0 aliphatic heterocycles. The third-order valence-corrected chi connectivity index (χ3v) is 0.333. The second-order valence-electron chi connectivity index (χ2n) is 0.864. The molecule has 5 heavy (non-hydrogen) atoms. The summed E-state index contributed by atoms with van der Waals surface area (Å²) in [6.07, 6.45) is -0.0741. The minimum absolute atomic E-state index is 0.0741. The third kappa shape index (κ3) is 3.96. The first-order chi connectivity index (χ1) is 2.77. The Morgan fingerprint density at radius 1 is 2.00 bits per heavy atom. The van der Waals surface area contributed by atoms with Crippen LogP contribution in [-0.4, -0.2) is 13.7 Å². The fourth-order valence-electron chi connectivity index (χ4n) is 0.167. The van der Waals surface area contributed by atoms with E-state index in [-0.39, 0.29) is 6.40 Å². The molecule has 1 nitrogen and oxygen atoms in total. The molecular weight excluding hydrogens is 64.0 g/mol. The average Bonchev–Trinajstić information content (AvgIpc) is 1.35. The largest absolute Gasteiger partial charge is 0.385 e. The smallest absolute Gasteiger partial charge is 0.0459 e. The Morgan fingerprint density at radius 2 is 2.60 bits per heavy atom. The van der Waals surface area contributed by atoms with Gasteiger partial charge in [0.1, 0.15) is 0 Å². The number of hydrogen-bond donors (Lipinski definition) is 0. The maximum absolute atomic E-state index is 6.85. The molecule has 0 amide bonds. The van der Waals surface area contributed by atoms with Gasteiger partial charge in [-0.05, 0) is 6.40 Å². The number of rotatable bonds is 2. The highest BCUT2D eigenvalue weighted by atomic mass is 16.5. The van der Waals surface area contributed by atoms with E-state index in [1.165, 1.54) is 0 Å². The molecule has 0 N–H and O–H groups in total. The van der Waals surface area contributed by atoms with Crippen LogP contribution in [0.2, 0.25) is 0 Å². The molecule has 0 saturated heterocycles. The molecule has 0 rings (SSSR count). The van der Waals surface area contributed by atoms with Crippen LogP contribution in [0.5, 0.6) is 0 Å². The van der Waals surface area contributed by atoms with Gasteiger partial charge in [-0.15, -0.1) is 0 Å². The van der Waals surface area contributed by atoms with Gasteiger partial charge in [-0.25, -0.2) is 0 Å². The zero-order chi connectivity index (χ0) is 4.99. The molecule has 0 radical (unpaired) electrons. The van der Waals surface area contributed by atoms with Crippen molar-refractivity contribution in [1.29, 1.82) is 0 Å². The molecule has 32 valence electrons. The molecule has 0 spiro atoms. The van der Waals surface area contributed by atoms with Gasteiger partial charge in [-0.1, -0.05) is 6.92 Å². The Kier molecular flexibility index (Phi) is 2.50. The van der Waals surface area contributed by atoms with Crippen LogP contribution in [-0.2, 0) is 4.74 Å². The molecule has 0 aromatic carbocycles. The third-order valence-electron chi connectivity index (χ3n) is 0.333. The molecule has 0 fully saturated rings. The monoisotopic (exact) mass is 75.1 g/mol. The van der Waals surface area contributed by atoms with Crippen LogP contribution >= 0.6 is 0 Å². The Morgan fingerprint density at radius 3 is 2.60 bits per heavy atom. The van der Waals surface area contributed by atoms with Crippen LogP contribution < -0.4 is 0 Å². The summed E-state index contributed by atoms with van der Waals surface area (Å²) in [6, 6.07) is 0. The summed E-state index contributed by atoms with van der Waals surface area (Å²) in [6.45, 7) is 2.34. The Bertz CT molecular complexity index is 28.7. The molecule has 1 atom stereocenters. The number of hydrogen-bond acceptors (Lipinski definition) is 1. The molecule has 0 heterocycles. The van der Waals surface area contributed by atoms with Gasteiger partial charge in [0.2, 0.25) is 0 Å². The second-order valence-corrected chi connectivity index (χ2v) is 0.864. The molecule has 0 aliphatic carbocycles. The van der Waals surface area contributed by atoms with Gasteiger partial charge < -0.3 is 4.74 Å². The number of methoxy groups -OCH3 is 1. The van der Waals surface area contributed by atoms with Gasteiger partial charge in [0.25, 0.3) is 0 Å². The van der Waals surface area contributed by atoms with Crippen molar-refractivity contribution in [2.75, 3.05) is 13.7 Å². The van der Waals surface area contributed by atoms with Gasteiger partial charge in [-0.3, -0.25) is 0 Å². The van der Waals surface area contributed by atoms with Crippen molar-refractivity contribution in [2.24, 2.45) is 0 Å². The zero-order valence-electron chi connectivity index (χ0n) is 4.69. The van der Waals surface area contributed by atoms with E-state index in [0.717, 1.165) is 0 Å². The summed E-state index contributed by atoms with van der Waals surface area (Å²) in [7, 11) is 1.60. The predicted molar refractivity (Wildman–Crippen MR) is 22.2 cm³/mol. The Balaban J connectivity index is 2.63. The van der Waals surface area contributed by atoms with Crippen LogP contribution in [0.1, 0.15) is 14.7 Å². The normalized spacial score (nSPS) is 17.6. The molecule has 1 heteroatoms. The molecule has 0 bridgehead atoms. The van der Waals surface area contributed by atoms with Crippen LogP contribution in [0.25, 0.3) is 0 Å². The van der Waals surface area contributed by atoms with Crippen LogP contribution in [0, 0.1) is 0 Å². The Labute approximate surface area is 34.4 Å². The topological polar surface area (TPSA) is 9.23 Å². The minimum atomic E-state index is -0.0741. The predicted octanol–water partition coefficient (Wildman–Crippen LogP) is 1.04. The van der Waals surface area contributed by atoms with Crippen molar-refractivity contribution in [3.05, 3.63) is 0 Å². The lowest BCUT2D eigenvalue weighted by atomic mass is 10.5. The summed E-state index contributed by atoms with van der Waals surface area (Å²) in [5, 5.41) is 0. The molecule has 1 unspecified atom stereocenters. The molecule has 0 saturated carbocycles. The van der Waals surface area contributed by atoms with E-state index >= 15 is 0 Å². The fourth-order valence-corrected chi connectivity index (χ4v) is 0.167. The molecule has 0 aliphatic rings. The van der Waals surface area contributed by atoms with E-state index in [4.69, 9.17) is 1.37 Å². The molecule has 0 aromatic heterocycles. The highest BCUT2D eigenvalue weighted by Crippen LogP contribution is 1.70. The highest BCUT2D eigenvalue weighted by molar-refractivity contribution is 4.15. The fraction of sp³-hybridized carbons (Fsp3) is 1.00. The van der Waals surface area contributed by atoms with E-state index in [1.54, 1.807) is 14.0 Å². The van der Waals surface area contributed by atoms with Gasteiger partial charge in [0, 0.05) is 15.1 Å². The minimum Gasteiger partial charge on any atom is -0.385 e. The van der Waals surface area contributed by atoms with Crippen molar-refractivity contribution >= 4 is 0 Å². The van der Waals surface area contributed by atoms with Crippen molar-refractivity contribution in [2.45, 2.75) is 13.3 Å². The molecule has 0 aromatic rings. The van der Waals surface area contributed by atoms with Crippen molar-refractivity contribution < 1.29 is 6.11 Å². The van der Waals surface area contributed by atoms with Gasteiger partial charge in [0.05, 0.1) is 0 Å². The second kappa shape index (κ2) is 3.96. The van der Waals surface area contributed by atoms with Crippen molar-refractivity contribution in [1.82, 2.24) is 0 Å². The summed E-state index contributed by atoms with van der Waals surface area (Å²) in [4.78, 5) is 0. The quantitative estimate of drug-likeness (QED) is 0.476.